The molecule has 254 valence electrons. The molecule has 0 amide bonds. The number of hydrogen-bond acceptors (Lipinski definition) is 10. The van der Waals surface area contributed by atoms with Gasteiger partial charge in [0.05, 0.1) is 35.9 Å². The van der Waals surface area contributed by atoms with Crippen LogP contribution in [-0.4, -0.2) is 71.4 Å². The lowest BCUT2D eigenvalue weighted by atomic mass is 10.0. The van der Waals surface area contributed by atoms with E-state index in [2.05, 4.69) is 31.3 Å². The molecule has 0 spiro atoms. The van der Waals surface area contributed by atoms with Gasteiger partial charge >= 0.3 is 0 Å². The van der Waals surface area contributed by atoms with E-state index < -0.39 is 5.82 Å². The van der Waals surface area contributed by atoms with Crippen LogP contribution in [0.25, 0.3) is 10.9 Å². The third kappa shape index (κ3) is 6.38. The highest BCUT2D eigenvalue weighted by atomic mass is 19.1. The van der Waals surface area contributed by atoms with E-state index in [1.165, 1.54) is 6.07 Å². The van der Waals surface area contributed by atoms with Crippen LogP contribution >= 0.6 is 0 Å². The van der Waals surface area contributed by atoms with Crippen LogP contribution in [0, 0.1) is 5.82 Å². The van der Waals surface area contributed by atoms with Crippen molar-refractivity contribution >= 4 is 28.1 Å². The first-order chi connectivity index (χ1) is 23.3. The van der Waals surface area contributed by atoms with Crippen LogP contribution in [0.15, 0.2) is 53.7 Å². The van der Waals surface area contributed by atoms with Gasteiger partial charge in [-0.05, 0) is 62.4 Å². The van der Waals surface area contributed by atoms with Crippen molar-refractivity contribution in [1.29, 1.82) is 0 Å². The van der Waals surface area contributed by atoms with Crippen LogP contribution in [0.2, 0.25) is 0 Å². The van der Waals surface area contributed by atoms with Gasteiger partial charge in [0.25, 0.3) is 0 Å². The maximum absolute atomic E-state index is 16.2. The fourth-order valence-electron chi connectivity index (χ4n) is 7.55. The number of hydrogen-bond donors (Lipinski definition) is 2. The van der Waals surface area contributed by atoms with Crippen molar-refractivity contribution in [2.75, 3.05) is 55.4 Å². The predicted octanol–water partition coefficient (Wildman–Crippen LogP) is 4.46. The second kappa shape index (κ2) is 13.6. The number of nitrogen functional groups attached to an aromatic ring is 1. The average Bonchev–Trinajstić information content (AvgIpc) is 3.31. The lowest BCUT2D eigenvalue weighted by molar-refractivity contribution is 0.157. The quantitative estimate of drug-likeness (QED) is 0.281. The van der Waals surface area contributed by atoms with E-state index in [9.17, 15) is 4.79 Å². The van der Waals surface area contributed by atoms with Gasteiger partial charge in [-0.3, -0.25) is 9.69 Å². The summed E-state index contributed by atoms with van der Waals surface area (Å²) in [5.74, 6) is 1.03. The first-order valence-electron chi connectivity index (χ1n) is 17.0. The zero-order valence-electron chi connectivity index (χ0n) is 27.8. The number of anilines is 3. The van der Waals surface area contributed by atoms with E-state index in [4.69, 9.17) is 20.9 Å². The topological polar surface area (TPSA) is 128 Å². The van der Waals surface area contributed by atoms with Gasteiger partial charge in [-0.2, -0.15) is 0 Å². The molecule has 2 saturated heterocycles. The summed E-state index contributed by atoms with van der Waals surface area (Å²) < 4.78 is 30.0. The fourth-order valence-corrected chi connectivity index (χ4v) is 7.55. The molecule has 0 aliphatic carbocycles. The minimum atomic E-state index is -0.442. The molecule has 48 heavy (non-hydrogen) atoms. The molecule has 3 aliphatic heterocycles. The van der Waals surface area contributed by atoms with Crippen LogP contribution in [0.5, 0.6) is 11.6 Å². The standard InChI is InChI=1S/C36H45FN8O3/c1-23-22-48-36-33-29(15-30(37)34(36)43-12-4-3-6-26(38)20-43)35(46)25(19-45(23)33)18-44(17-24-10-11-40-32(14-24)47-2)28-7-5-13-42(21-28)27-8-9-31(39)41-16-27/h8-11,14-16,19,23,26,28H,3-7,12-13,17-18,20-22,38H2,1-2H3,(H2,39,41)/t23?,26-,28+/m1/s1. The van der Waals surface area contributed by atoms with Crippen molar-refractivity contribution in [3.63, 3.8) is 0 Å². The van der Waals surface area contributed by atoms with Crippen molar-refractivity contribution in [2.45, 2.75) is 70.2 Å². The summed E-state index contributed by atoms with van der Waals surface area (Å²) in [6, 6.07) is 9.22. The highest BCUT2D eigenvalue weighted by molar-refractivity contribution is 5.92. The zero-order chi connectivity index (χ0) is 33.4. The van der Waals surface area contributed by atoms with Crippen LogP contribution in [0.1, 0.15) is 56.2 Å². The molecule has 6 heterocycles. The predicted molar refractivity (Wildman–Crippen MR) is 186 cm³/mol. The van der Waals surface area contributed by atoms with Crippen molar-refractivity contribution in [2.24, 2.45) is 5.73 Å². The number of pyridine rings is 3. The number of benzene rings is 1. The molecular weight excluding hydrogens is 611 g/mol. The van der Waals surface area contributed by atoms with Gasteiger partial charge in [0.2, 0.25) is 5.88 Å². The number of halogens is 1. The average molecular weight is 657 g/mol. The molecular formula is C36H45FN8O3. The zero-order valence-corrected chi connectivity index (χ0v) is 27.8. The van der Waals surface area contributed by atoms with Crippen molar-refractivity contribution < 1.29 is 13.9 Å². The van der Waals surface area contributed by atoms with Gasteiger partial charge in [0.1, 0.15) is 18.1 Å². The second-order valence-electron chi connectivity index (χ2n) is 13.5. The van der Waals surface area contributed by atoms with Gasteiger partial charge in [-0.25, -0.2) is 14.4 Å². The van der Waals surface area contributed by atoms with Gasteiger partial charge in [-0.15, -0.1) is 0 Å². The van der Waals surface area contributed by atoms with Crippen molar-refractivity contribution in [1.82, 2.24) is 19.4 Å². The molecule has 4 aromatic rings. The molecule has 0 saturated carbocycles. The fraction of sp³-hybridized carbons (Fsp3) is 0.472. The normalized spacial score (nSPS) is 21.3. The van der Waals surface area contributed by atoms with E-state index in [1.807, 2.05) is 41.6 Å². The highest BCUT2D eigenvalue weighted by Crippen LogP contribution is 2.42. The lowest BCUT2D eigenvalue weighted by Gasteiger charge is -2.40. The monoisotopic (exact) mass is 656 g/mol. The molecule has 1 unspecified atom stereocenters. The molecule has 3 atom stereocenters. The van der Waals surface area contributed by atoms with Crippen LogP contribution in [0.4, 0.5) is 21.6 Å². The Morgan fingerprint density at radius 3 is 2.73 bits per heavy atom. The second-order valence-corrected chi connectivity index (χ2v) is 13.5. The molecule has 7 rings (SSSR count). The van der Waals surface area contributed by atoms with E-state index in [0.29, 0.717) is 72.4 Å². The molecule has 4 N–H and O–H groups in total. The Morgan fingerprint density at radius 2 is 1.92 bits per heavy atom. The molecule has 3 aliphatic rings. The highest BCUT2D eigenvalue weighted by Gasteiger charge is 2.32. The Bertz CT molecular complexity index is 1830. The van der Waals surface area contributed by atoms with E-state index in [-0.39, 0.29) is 23.6 Å². The van der Waals surface area contributed by atoms with E-state index in [1.54, 1.807) is 13.3 Å². The van der Waals surface area contributed by atoms with E-state index >= 15 is 4.39 Å². The Balaban J connectivity index is 1.28. The summed E-state index contributed by atoms with van der Waals surface area (Å²) in [6.07, 6.45) is 10.3. The summed E-state index contributed by atoms with van der Waals surface area (Å²) in [7, 11) is 1.61. The van der Waals surface area contributed by atoms with Gasteiger partial charge < -0.3 is 35.3 Å². The molecule has 0 bridgehead atoms. The summed E-state index contributed by atoms with van der Waals surface area (Å²) in [4.78, 5) is 29.7. The van der Waals surface area contributed by atoms with E-state index in [0.717, 1.165) is 56.4 Å². The summed E-state index contributed by atoms with van der Waals surface area (Å²) in [5, 5.41) is 0.346. The number of ether oxygens (including phenoxy) is 2. The largest absolute Gasteiger partial charge is 0.487 e. The third-order valence-corrected chi connectivity index (χ3v) is 10.1. The number of nitrogens with two attached hydrogens (primary N) is 2. The number of aromatic nitrogens is 3. The molecule has 0 radical (unpaired) electrons. The summed E-state index contributed by atoms with van der Waals surface area (Å²) in [6.45, 7) is 6.36. The Hall–Kier alpha value is -4.42. The third-order valence-electron chi connectivity index (χ3n) is 10.1. The number of piperidine rings is 1. The van der Waals surface area contributed by atoms with Crippen LogP contribution < -0.4 is 36.2 Å². The smallest absolute Gasteiger partial charge is 0.213 e. The molecule has 11 nitrogen and oxygen atoms in total. The Labute approximate surface area is 280 Å². The summed E-state index contributed by atoms with van der Waals surface area (Å²) in [5.41, 5.74) is 15.8. The number of methoxy groups -OCH3 is 1. The SMILES string of the molecule is COc1cc(CN(Cc2cn3c4c(c(N5CCCC[C@@H](N)C5)c(F)cc4c2=O)OCC3C)[C@H]2CCCN(c3ccc(N)nc3)C2)ccn1. The lowest BCUT2D eigenvalue weighted by Crippen LogP contribution is -2.48. The minimum Gasteiger partial charge on any atom is -0.487 e. The van der Waals surface area contributed by atoms with Crippen molar-refractivity contribution in [3.05, 3.63) is 76.1 Å². The number of nitrogens with zero attached hydrogens (tertiary/aromatic N) is 6. The van der Waals surface area contributed by atoms with Gasteiger partial charge in [0, 0.05) is 75.4 Å². The first-order valence-corrected chi connectivity index (χ1v) is 17.0. The summed E-state index contributed by atoms with van der Waals surface area (Å²) >= 11 is 0. The molecule has 1 aromatic carbocycles. The Kier molecular flexibility index (Phi) is 9.11. The number of rotatable bonds is 8. The first kappa shape index (κ1) is 32.1. The van der Waals surface area contributed by atoms with Gasteiger partial charge in [0.15, 0.2) is 17.0 Å². The Morgan fingerprint density at radius 1 is 1.06 bits per heavy atom. The minimum absolute atomic E-state index is 0.0369. The van der Waals surface area contributed by atoms with Crippen LogP contribution in [0.3, 0.4) is 0 Å². The molecule has 3 aromatic heterocycles. The maximum atomic E-state index is 16.2. The molecule has 12 heteroatoms. The van der Waals surface area contributed by atoms with Gasteiger partial charge in [-0.1, -0.05) is 6.42 Å². The van der Waals surface area contributed by atoms with Crippen LogP contribution in [-0.2, 0) is 13.1 Å². The maximum Gasteiger partial charge on any atom is 0.213 e. The molecule has 2 fully saturated rings. The van der Waals surface area contributed by atoms with Crippen molar-refractivity contribution in [3.8, 4) is 11.6 Å².